The molecule has 0 aromatic heterocycles. The summed E-state index contributed by atoms with van der Waals surface area (Å²) in [5, 5.41) is 13.2. The number of rotatable bonds is 3. The molecular formula is C16H30N2. The van der Waals surface area contributed by atoms with Gasteiger partial charge >= 0.3 is 0 Å². The van der Waals surface area contributed by atoms with Crippen LogP contribution in [0.4, 0.5) is 0 Å². The molecule has 3 atom stereocenters. The molecule has 1 N–H and O–H groups in total. The van der Waals surface area contributed by atoms with E-state index in [4.69, 9.17) is 0 Å². The molecule has 1 saturated carbocycles. The zero-order valence-electron chi connectivity index (χ0n) is 12.8. The lowest BCUT2D eigenvalue weighted by Gasteiger charge is -2.32. The van der Waals surface area contributed by atoms with Crippen molar-refractivity contribution >= 4 is 0 Å². The predicted molar refractivity (Wildman–Crippen MR) is 77.3 cm³/mol. The highest BCUT2D eigenvalue weighted by Gasteiger charge is 2.36. The van der Waals surface area contributed by atoms with Crippen molar-refractivity contribution < 1.29 is 0 Å². The first kappa shape index (κ1) is 15.5. The zero-order valence-corrected chi connectivity index (χ0v) is 12.8. The molecule has 1 fully saturated rings. The number of nitrogens with one attached hydrogen (secondary N) is 1. The number of hydrogen-bond donors (Lipinski definition) is 1. The van der Waals surface area contributed by atoms with Crippen molar-refractivity contribution in [2.45, 2.75) is 84.7 Å². The third kappa shape index (κ3) is 3.99. The summed E-state index contributed by atoms with van der Waals surface area (Å²) in [6, 6.07) is 3.02. The smallest absolute Gasteiger partial charge is 0.106 e. The van der Waals surface area contributed by atoms with E-state index >= 15 is 0 Å². The SMILES string of the molecule is CCC(C)NC1(C#N)CCCC(C(C)(C)C)CC1. The van der Waals surface area contributed by atoms with E-state index < -0.39 is 0 Å². The van der Waals surface area contributed by atoms with Crippen LogP contribution in [0.1, 0.15) is 73.1 Å². The lowest BCUT2D eigenvalue weighted by Crippen LogP contribution is -2.48. The Hall–Kier alpha value is -0.550. The molecule has 0 aromatic carbocycles. The minimum Gasteiger partial charge on any atom is -0.297 e. The molecule has 0 spiro atoms. The van der Waals surface area contributed by atoms with Crippen molar-refractivity contribution in [3.63, 3.8) is 0 Å². The molecule has 3 unspecified atom stereocenters. The summed E-state index contributed by atoms with van der Waals surface area (Å²) in [5.41, 5.74) is 0.108. The maximum atomic E-state index is 9.59. The van der Waals surface area contributed by atoms with E-state index in [1.54, 1.807) is 0 Å². The van der Waals surface area contributed by atoms with Crippen LogP contribution in [0.2, 0.25) is 0 Å². The Morgan fingerprint density at radius 3 is 2.50 bits per heavy atom. The first-order chi connectivity index (χ1) is 8.33. The molecule has 1 aliphatic rings. The van der Waals surface area contributed by atoms with Gasteiger partial charge < -0.3 is 0 Å². The summed E-state index contributed by atoms with van der Waals surface area (Å²) in [7, 11) is 0. The second-order valence-electron chi connectivity index (χ2n) is 7.14. The van der Waals surface area contributed by atoms with Crippen LogP contribution in [0.25, 0.3) is 0 Å². The molecule has 2 heteroatoms. The van der Waals surface area contributed by atoms with Gasteiger partial charge in [0.25, 0.3) is 0 Å². The van der Waals surface area contributed by atoms with Gasteiger partial charge in [-0.3, -0.25) is 5.32 Å². The Labute approximate surface area is 113 Å². The molecule has 1 aliphatic carbocycles. The van der Waals surface area contributed by atoms with Crippen LogP contribution in [0.15, 0.2) is 0 Å². The van der Waals surface area contributed by atoms with Gasteiger partial charge in [-0.15, -0.1) is 0 Å². The maximum absolute atomic E-state index is 9.59. The van der Waals surface area contributed by atoms with Gasteiger partial charge in [0, 0.05) is 6.04 Å². The summed E-state index contributed by atoms with van der Waals surface area (Å²) >= 11 is 0. The number of nitriles is 1. The molecule has 1 rings (SSSR count). The van der Waals surface area contributed by atoms with E-state index in [2.05, 4.69) is 46.0 Å². The Bertz CT molecular complexity index is 297. The van der Waals surface area contributed by atoms with Gasteiger partial charge in [-0.2, -0.15) is 5.26 Å². The summed E-state index contributed by atoms with van der Waals surface area (Å²) < 4.78 is 0. The zero-order chi connectivity index (χ0) is 13.8. The van der Waals surface area contributed by atoms with Crippen LogP contribution in [0.3, 0.4) is 0 Å². The van der Waals surface area contributed by atoms with Crippen molar-refractivity contribution in [2.24, 2.45) is 11.3 Å². The van der Waals surface area contributed by atoms with Crippen molar-refractivity contribution in [1.82, 2.24) is 5.32 Å². The molecule has 0 aromatic rings. The standard InChI is InChI=1S/C16H30N2/c1-6-13(2)18-16(12-17)10-7-8-14(9-11-16)15(3,4)5/h13-14,18H,6-11H2,1-5H3. The van der Waals surface area contributed by atoms with Gasteiger partial charge in [0.15, 0.2) is 0 Å². The highest BCUT2D eigenvalue weighted by molar-refractivity contribution is 5.09. The monoisotopic (exact) mass is 250 g/mol. The Kier molecular flexibility index (Phi) is 5.22. The molecule has 2 nitrogen and oxygen atoms in total. The Morgan fingerprint density at radius 1 is 1.33 bits per heavy atom. The third-order valence-corrected chi connectivity index (χ3v) is 4.65. The largest absolute Gasteiger partial charge is 0.297 e. The fourth-order valence-electron chi connectivity index (χ4n) is 3.07. The topological polar surface area (TPSA) is 35.8 Å². The summed E-state index contributed by atoms with van der Waals surface area (Å²) in [6.07, 6.45) is 6.75. The second kappa shape index (κ2) is 6.06. The third-order valence-electron chi connectivity index (χ3n) is 4.65. The highest BCUT2D eigenvalue weighted by atomic mass is 15.0. The van der Waals surface area contributed by atoms with Crippen LogP contribution in [0, 0.1) is 22.7 Å². The van der Waals surface area contributed by atoms with E-state index in [-0.39, 0.29) is 5.54 Å². The molecule has 104 valence electrons. The average Bonchev–Trinajstić information content (AvgIpc) is 2.51. The fourth-order valence-corrected chi connectivity index (χ4v) is 3.07. The highest BCUT2D eigenvalue weighted by Crippen LogP contribution is 2.39. The van der Waals surface area contributed by atoms with E-state index in [9.17, 15) is 5.26 Å². The van der Waals surface area contributed by atoms with Crippen LogP contribution < -0.4 is 5.32 Å². The normalized spacial score (nSPS) is 31.4. The number of hydrogen-bond acceptors (Lipinski definition) is 2. The van der Waals surface area contributed by atoms with E-state index in [0.29, 0.717) is 11.5 Å². The van der Waals surface area contributed by atoms with Gasteiger partial charge in [-0.25, -0.2) is 0 Å². The van der Waals surface area contributed by atoms with Crippen LogP contribution in [-0.4, -0.2) is 11.6 Å². The van der Waals surface area contributed by atoms with Crippen LogP contribution in [0.5, 0.6) is 0 Å². The lowest BCUT2D eigenvalue weighted by atomic mass is 9.76. The minimum absolute atomic E-state index is 0.268. The molecular weight excluding hydrogens is 220 g/mol. The van der Waals surface area contributed by atoms with Crippen molar-refractivity contribution in [2.75, 3.05) is 0 Å². The molecule has 0 heterocycles. The van der Waals surface area contributed by atoms with Crippen molar-refractivity contribution in [3.05, 3.63) is 0 Å². The maximum Gasteiger partial charge on any atom is 0.106 e. The average molecular weight is 250 g/mol. The van der Waals surface area contributed by atoms with E-state index in [1.807, 2.05) is 0 Å². The van der Waals surface area contributed by atoms with Gasteiger partial charge in [0.05, 0.1) is 6.07 Å². The number of nitrogens with zero attached hydrogens (tertiary/aromatic N) is 1. The summed E-state index contributed by atoms with van der Waals surface area (Å²) in [4.78, 5) is 0. The van der Waals surface area contributed by atoms with Gasteiger partial charge in [0.1, 0.15) is 5.54 Å². The summed E-state index contributed by atoms with van der Waals surface area (Å²) in [6.45, 7) is 11.4. The molecule has 0 saturated heterocycles. The van der Waals surface area contributed by atoms with Crippen LogP contribution in [-0.2, 0) is 0 Å². The second-order valence-corrected chi connectivity index (χ2v) is 7.14. The Balaban J connectivity index is 2.71. The van der Waals surface area contributed by atoms with Crippen LogP contribution >= 0.6 is 0 Å². The lowest BCUT2D eigenvalue weighted by molar-refractivity contribution is 0.210. The quantitative estimate of drug-likeness (QED) is 0.760. The Morgan fingerprint density at radius 2 is 2.00 bits per heavy atom. The van der Waals surface area contributed by atoms with E-state index in [1.165, 1.54) is 19.3 Å². The molecule has 0 aliphatic heterocycles. The summed E-state index contributed by atoms with van der Waals surface area (Å²) in [5.74, 6) is 0.756. The van der Waals surface area contributed by atoms with Crippen molar-refractivity contribution in [1.29, 1.82) is 5.26 Å². The van der Waals surface area contributed by atoms with Gasteiger partial charge in [-0.05, 0) is 50.4 Å². The molecule has 0 bridgehead atoms. The predicted octanol–water partition coefficient (Wildman–Crippen LogP) is 4.26. The van der Waals surface area contributed by atoms with Gasteiger partial charge in [0.2, 0.25) is 0 Å². The minimum atomic E-state index is -0.268. The fraction of sp³-hybridized carbons (Fsp3) is 0.938. The van der Waals surface area contributed by atoms with E-state index in [0.717, 1.165) is 25.2 Å². The molecule has 0 radical (unpaired) electrons. The molecule has 18 heavy (non-hydrogen) atoms. The van der Waals surface area contributed by atoms with Crippen molar-refractivity contribution in [3.8, 4) is 6.07 Å². The first-order valence-corrected chi connectivity index (χ1v) is 7.52. The van der Waals surface area contributed by atoms with Gasteiger partial charge in [-0.1, -0.05) is 34.1 Å². The first-order valence-electron chi connectivity index (χ1n) is 7.52. The molecule has 0 amide bonds.